The van der Waals surface area contributed by atoms with E-state index in [1.54, 1.807) is 12.1 Å². The molecule has 0 aromatic carbocycles. The molecule has 0 bridgehead atoms. The number of rotatable bonds is 5. The Balaban J connectivity index is 1.87. The Kier molecular flexibility index (Phi) is 4.99. The summed E-state index contributed by atoms with van der Waals surface area (Å²) in [6.07, 6.45) is 6.36. The van der Waals surface area contributed by atoms with E-state index in [1.165, 1.54) is 25.7 Å². The molecule has 0 saturated heterocycles. The van der Waals surface area contributed by atoms with Crippen molar-refractivity contribution < 1.29 is 9.90 Å². The van der Waals surface area contributed by atoms with Gasteiger partial charge in [0.25, 0.3) is 0 Å². The Bertz CT molecular complexity index is 466. The molecule has 1 heterocycles. The van der Waals surface area contributed by atoms with Gasteiger partial charge in [0.15, 0.2) is 0 Å². The number of carbonyl (C=O) groups is 1. The molecule has 2 rings (SSSR count). The van der Waals surface area contributed by atoms with Crippen molar-refractivity contribution in [2.75, 3.05) is 11.9 Å². The number of carboxylic acid groups (broad SMARTS) is 1. The summed E-state index contributed by atoms with van der Waals surface area (Å²) in [5.74, 6) is 1.22. The molecule has 1 fully saturated rings. The van der Waals surface area contributed by atoms with Gasteiger partial charge in [-0.15, -0.1) is 0 Å². The van der Waals surface area contributed by atoms with Crippen LogP contribution in [0.5, 0.6) is 0 Å². The van der Waals surface area contributed by atoms with E-state index in [0.717, 1.165) is 30.5 Å². The molecular weight excluding hydrogens is 252 g/mol. The van der Waals surface area contributed by atoms with Gasteiger partial charge in [-0.05, 0) is 37.3 Å². The van der Waals surface area contributed by atoms with E-state index in [-0.39, 0.29) is 5.56 Å². The fourth-order valence-electron chi connectivity index (χ4n) is 2.88. The highest BCUT2D eigenvalue weighted by molar-refractivity contribution is 5.93. The van der Waals surface area contributed by atoms with Crippen LogP contribution in [0.2, 0.25) is 0 Å². The lowest BCUT2D eigenvalue weighted by Crippen LogP contribution is -2.17. The molecule has 0 aliphatic heterocycles. The van der Waals surface area contributed by atoms with E-state index in [1.807, 2.05) is 6.92 Å². The van der Waals surface area contributed by atoms with Crippen LogP contribution in [-0.4, -0.2) is 22.6 Å². The van der Waals surface area contributed by atoms with Crippen molar-refractivity contribution in [3.63, 3.8) is 0 Å². The zero-order valence-electron chi connectivity index (χ0n) is 12.4. The Morgan fingerprint density at radius 3 is 2.70 bits per heavy atom. The minimum atomic E-state index is -0.925. The van der Waals surface area contributed by atoms with Crippen molar-refractivity contribution in [1.82, 2.24) is 4.98 Å². The molecule has 0 amide bonds. The molecule has 0 unspecified atom stereocenters. The van der Waals surface area contributed by atoms with Gasteiger partial charge in [-0.2, -0.15) is 0 Å². The first kappa shape index (κ1) is 14.8. The van der Waals surface area contributed by atoms with Gasteiger partial charge in [0.2, 0.25) is 0 Å². The average molecular weight is 276 g/mol. The van der Waals surface area contributed by atoms with E-state index < -0.39 is 5.97 Å². The van der Waals surface area contributed by atoms with Crippen molar-refractivity contribution >= 4 is 11.8 Å². The van der Waals surface area contributed by atoms with Crippen molar-refractivity contribution in [1.29, 1.82) is 0 Å². The van der Waals surface area contributed by atoms with Crippen molar-refractivity contribution in [3.8, 4) is 0 Å². The molecule has 20 heavy (non-hydrogen) atoms. The normalized spacial score (nSPS) is 22.5. The third-order valence-electron chi connectivity index (χ3n) is 4.25. The number of anilines is 1. The minimum Gasteiger partial charge on any atom is -0.478 e. The van der Waals surface area contributed by atoms with E-state index in [4.69, 9.17) is 5.11 Å². The minimum absolute atomic E-state index is 0.257. The van der Waals surface area contributed by atoms with Gasteiger partial charge < -0.3 is 10.4 Å². The van der Waals surface area contributed by atoms with E-state index >= 15 is 0 Å². The maximum absolute atomic E-state index is 11.2. The van der Waals surface area contributed by atoms with E-state index in [9.17, 15) is 4.79 Å². The summed E-state index contributed by atoms with van der Waals surface area (Å²) >= 11 is 0. The topological polar surface area (TPSA) is 62.2 Å². The largest absolute Gasteiger partial charge is 0.478 e. The zero-order chi connectivity index (χ0) is 14.5. The number of carboxylic acids is 1. The summed E-state index contributed by atoms with van der Waals surface area (Å²) < 4.78 is 0. The first-order chi connectivity index (χ1) is 9.56. The van der Waals surface area contributed by atoms with Gasteiger partial charge in [0.05, 0.1) is 0 Å². The first-order valence-corrected chi connectivity index (χ1v) is 7.51. The summed E-state index contributed by atoms with van der Waals surface area (Å²) in [4.78, 5) is 15.5. The summed E-state index contributed by atoms with van der Waals surface area (Å²) in [6.45, 7) is 5.00. The monoisotopic (exact) mass is 276 g/mol. The summed E-state index contributed by atoms with van der Waals surface area (Å²) in [5, 5.41) is 12.4. The molecule has 0 radical (unpaired) electrons. The lowest BCUT2D eigenvalue weighted by molar-refractivity contribution is 0.0697. The van der Waals surface area contributed by atoms with Gasteiger partial charge >= 0.3 is 5.97 Å². The fraction of sp³-hybridized carbons (Fsp3) is 0.625. The number of aryl methyl sites for hydroxylation is 1. The van der Waals surface area contributed by atoms with Crippen molar-refractivity contribution in [2.45, 2.75) is 46.0 Å². The Labute approximate surface area is 120 Å². The smallest absolute Gasteiger partial charge is 0.339 e. The third-order valence-corrected chi connectivity index (χ3v) is 4.25. The number of hydrogen-bond acceptors (Lipinski definition) is 3. The number of aromatic nitrogens is 1. The second-order valence-corrected chi connectivity index (χ2v) is 6.00. The molecule has 110 valence electrons. The van der Waals surface area contributed by atoms with Crippen LogP contribution in [0.3, 0.4) is 0 Å². The predicted molar refractivity (Wildman–Crippen MR) is 80.2 cm³/mol. The van der Waals surface area contributed by atoms with Crippen molar-refractivity contribution in [3.05, 3.63) is 23.4 Å². The predicted octanol–water partition coefficient (Wildman–Crippen LogP) is 3.72. The number of nitrogens with one attached hydrogen (secondary N) is 1. The highest BCUT2D eigenvalue weighted by atomic mass is 16.4. The molecule has 4 heteroatoms. The molecule has 0 atom stereocenters. The van der Waals surface area contributed by atoms with Gasteiger partial charge in [-0.25, -0.2) is 9.78 Å². The highest BCUT2D eigenvalue weighted by Crippen LogP contribution is 2.30. The van der Waals surface area contributed by atoms with Crippen molar-refractivity contribution in [2.24, 2.45) is 11.8 Å². The molecule has 1 saturated carbocycles. The SMILES string of the molecule is Cc1ccc(C(=O)O)c(NCCC2CCC(C)CC2)n1. The molecule has 1 aliphatic rings. The fourth-order valence-corrected chi connectivity index (χ4v) is 2.88. The zero-order valence-corrected chi connectivity index (χ0v) is 12.4. The third kappa shape index (κ3) is 3.95. The second kappa shape index (κ2) is 6.73. The van der Waals surface area contributed by atoms with Crippen LogP contribution in [0.15, 0.2) is 12.1 Å². The molecule has 1 aromatic heterocycles. The van der Waals surface area contributed by atoms with E-state index in [2.05, 4.69) is 17.2 Å². The molecular formula is C16H24N2O2. The van der Waals surface area contributed by atoms with Gasteiger partial charge in [-0.1, -0.05) is 32.6 Å². The first-order valence-electron chi connectivity index (χ1n) is 7.51. The van der Waals surface area contributed by atoms with Crippen LogP contribution in [0.25, 0.3) is 0 Å². The van der Waals surface area contributed by atoms with E-state index in [0.29, 0.717) is 5.82 Å². The van der Waals surface area contributed by atoms with Crippen LogP contribution < -0.4 is 5.32 Å². The van der Waals surface area contributed by atoms with Gasteiger partial charge in [0.1, 0.15) is 11.4 Å². The van der Waals surface area contributed by atoms with Gasteiger partial charge in [-0.3, -0.25) is 0 Å². The quantitative estimate of drug-likeness (QED) is 0.860. The van der Waals surface area contributed by atoms with Crippen LogP contribution in [0.4, 0.5) is 5.82 Å². The lowest BCUT2D eigenvalue weighted by atomic mass is 9.81. The number of pyridine rings is 1. The lowest BCUT2D eigenvalue weighted by Gasteiger charge is -2.26. The number of aromatic carboxylic acids is 1. The average Bonchev–Trinajstić information content (AvgIpc) is 2.41. The maximum Gasteiger partial charge on any atom is 0.339 e. The molecule has 1 aliphatic carbocycles. The molecule has 2 N–H and O–H groups in total. The van der Waals surface area contributed by atoms with Crippen LogP contribution in [-0.2, 0) is 0 Å². The van der Waals surface area contributed by atoms with Crippen LogP contribution >= 0.6 is 0 Å². The van der Waals surface area contributed by atoms with Crippen LogP contribution in [0.1, 0.15) is 55.1 Å². The molecule has 1 aromatic rings. The Morgan fingerprint density at radius 1 is 1.35 bits per heavy atom. The summed E-state index contributed by atoms with van der Waals surface area (Å²) in [7, 11) is 0. The Hall–Kier alpha value is -1.58. The highest BCUT2D eigenvalue weighted by Gasteiger charge is 2.18. The molecule has 4 nitrogen and oxygen atoms in total. The summed E-state index contributed by atoms with van der Waals surface area (Å²) in [5.41, 5.74) is 1.09. The Morgan fingerprint density at radius 2 is 2.05 bits per heavy atom. The number of nitrogens with zero attached hydrogens (tertiary/aromatic N) is 1. The second-order valence-electron chi connectivity index (χ2n) is 6.00. The van der Waals surface area contributed by atoms with Crippen LogP contribution in [0, 0.1) is 18.8 Å². The number of hydrogen-bond donors (Lipinski definition) is 2. The standard InChI is InChI=1S/C16H24N2O2/c1-11-3-6-13(7-4-11)9-10-17-15-14(16(19)20)8-5-12(2)18-15/h5,8,11,13H,3-4,6-7,9-10H2,1-2H3,(H,17,18)(H,19,20). The van der Waals surface area contributed by atoms with Gasteiger partial charge in [0, 0.05) is 12.2 Å². The maximum atomic E-state index is 11.2. The molecule has 0 spiro atoms. The summed E-state index contributed by atoms with van der Waals surface area (Å²) in [6, 6.07) is 3.35.